The molecule has 1 atom stereocenters. The number of H-pyrrole nitrogens is 1. The minimum absolute atomic E-state index is 0.0642. The molecule has 0 saturated carbocycles. The normalized spacial score (nSPS) is 12.1. The first-order valence-corrected chi connectivity index (χ1v) is 6.96. The molecule has 1 heterocycles. The molecule has 0 saturated heterocycles. The van der Waals surface area contributed by atoms with Crippen LogP contribution in [0.15, 0.2) is 40.6 Å². The third-order valence-electron chi connectivity index (χ3n) is 2.09. The fourth-order valence-corrected chi connectivity index (χ4v) is 2.01. The lowest BCUT2D eigenvalue weighted by molar-refractivity contribution is -0.115. The van der Waals surface area contributed by atoms with Crippen molar-refractivity contribution in [3.8, 4) is 0 Å². The first-order valence-electron chi connectivity index (χ1n) is 5.23. The molecule has 0 aliphatic heterocycles. The maximum Gasteiger partial charge on any atom is 0.237 e. The van der Waals surface area contributed by atoms with Crippen molar-refractivity contribution >= 4 is 39.3 Å². The third kappa shape index (κ3) is 3.58. The highest BCUT2D eigenvalue weighted by atomic mass is 79.9. The minimum atomic E-state index is -0.208. The maximum atomic E-state index is 11.5. The van der Waals surface area contributed by atoms with E-state index in [1.807, 2.05) is 24.3 Å². The van der Waals surface area contributed by atoms with E-state index in [0.29, 0.717) is 0 Å². The zero-order valence-corrected chi connectivity index (χ0v) is 12.0. The second-order valence-electron chi connectivity index (χ2n) is 3.52. The molecule has 0 aliphatic carbocycles. The van der Waals surface area contributed by atoms with Crippen molar-refractivity contribution < 1.29 is 4.79 Å². The zero-order chi connectivity index (χ0) is 13.0. The summed E-state index contributed by atoms with van der Waals surface area (Å²) >= 11 is 4.69. The van der Waals surface area contributed by atoms with Crippen molar-refractivity contribution in [2.75, 3.05) is 5.32 Å². The Kier molecular flexibility index (Phi) is 4.38. The molecule has 5 nitrogen and oxygen atoms in total. The van der Waals surface area contributed by atoms with Gasteiger partial charge in [0.25, 0.3) is 0 Å². The highest BCUT2D eigenvalue weighted by molar-refractivity contribution is 9.10. The van der Waals surface area contributed by atoms with Crippen molar-refractivity contribution in [1.29, 1.82) is 0 Å². The van der Waals surface area contributed by atoms with E-state index in [4.69, 9.17) is 0 Å². The molecule has 2 N–H and O–H groups in total. The Morgan fingerprint density at radius 2 is 2.17 bits per heavy atom. The molecular weight excluding hydrogens is 316 g/mol. The summed E-state index contributed by atoms with van der Waals surface area (Å²) in [7, 11) is 0. The Morgan fingerprint density at radius 1 is 1.44 bits per heavy atom. The molecule has 94 valence electrons. The number of aromatic nitrogens is 3. The van der Waals surface area contributed by atoms with Gasteiger partial charge in [-0.15, -0.1) is 0 Å². The van der Waals surface area contributed by atoms with Gasteiger partial charge in [-0.2, -0.15) is 5.10 Å². The van der Waals surface area contributed by atoms with E-state index >= 15 is 0 Å². The van der Waals surface area contributed by atoms with Crippen LogP contribution in [0.5, 0.6) is 0 Å². The SMILES string of the molecule is CC(Br)C(=O)Nc1ccc(Sc2ncn[nH]2)cc1. The van der Waals surface area contributed by atoms with Crippen molar-refractivity contribution in [3.05, 3.63) is 30.6 Å². The topological polar surface area (TPSA) is 70.7 Å². The number of carbonyl (C=O) groups excluding carboxylic acids is 1. The summed E-state index contributed by atoms with van der Waals surface area (Å²) in [4.78, 5) is 16.3. The molecular formula is C11H11BrN4OS. The molecule has 1 aromatic heterocycles. The summed E-state index contributed by atoms with van der Waals surface area (Å²) < 4.78 is 0. The zero-order valence-electron chi connectivity index (χ0n) is 9.55. The van der Waals surface area contributed by atoms with Crippen LogP contribution in [0.2, 0.25) is 0 Å². The van der Waals surface area contributed by atoms with Crippen LogP contribution in [0.4, 0.5) is 5.69 Å². The first-order chi connectivity index (χ1) is 8.65. The molecule has 2 aromatic rings. The Hall–Kier alpha value is -1.34. The lowest BCUT2D eigenvalue weighted by atomic mass is 10.3. The van der Waals surface area contributed by atoms with Crippen molar-refractivity contribution in [3.63, 3.8) is 0 Å². The second-order valence-corrected chi connectivity index (χ2v) is 5.96. The average molecular weight is 327 g/mol. The molecule has 0 radical (unpaired) electrons. The van der Waals surface area contributed by atoms with Gasteiger partial charge in [0, 0.05) is 10.6 Å². The summed E-state index contributed by atoms with van der Waals surface area (Å²) in [5.74, 6) is -0.0642. The molecule has 2 rings (SSSR count). The second kappa shape index (κ2) is 6.01. The summed E-state index contributed by atoms with van der Waals surface area (Å²) in [6, 6.07) is 7.54. The molecule has 18 heavy (non-hydrogen) atoms. The van der Waals surface area contributed by atoms with Crippen molar-refractivity contribution in [2.45, 2.75) is 21.8 Å². The van der Waals surface area contributed by atoms with Crippen LogP contribution < -0.4 is 5.32 Å². The molecule has 1 aromatic carbocycles. The van der Waals surface area contributed by atoms with Gasteiger partial charge in [0.15, 0.2) is 5.16 Å². The number of hydrogen-bond acceptors (Lipinski definition) is 4. The number of benzene rings is 1. The molecule has 1 unspecified atom stereocenters. The largest absolute Gasteiger partial charge is 0.325 e. The van der Waals surface area contributed by atoms with Gasteiger partial charge < -0.3 is 5.32 Å². The standard InChI is InChI=1S/C11H11BrN4OS/c1-7(12)10(17)15-8-2-4-9(5-3-8)18-11-13-6-14-16-11/h2-7H,1H3,(H,15,17)(H,13,14,16). The fraction of sp³-hybridized carbons (Fsp3) is 0.182. The average Bonchev–Trinajstić information content (AvgIpc) is 2.84. The number of nitrogens with zero attached hydrogens (tertiary/aromatic N) is 2. The number of amides is 1. The Balaban J connectivity index is 1.99. The monoisotopic (exact) mass is 326 g/mol. The highest BCUT2D eigenvalue weighted by Crippen LogP contribution is 2.25. The van der Waals surface area contributed by atoms with Gasteiger partial charge in [-0.3, -0.25) is 9.89 Å². The summed E-state index contributed by atoms with van der Waals surface area (Å²) in [5.41, 5.74) is 0.771. The predicted octanol–water partition coefficient (Wildman–Crippen LogP) is 2.68. The van der Waals surface area contributed by atoms with E-state index in [9.17, 15) is 4.79 Å². The number of hydrogen-bond donors (Lipinski definition) is 2. The number of halogens is 1. The van der Waals surface area contributed by atoms with Crippen LogP contribution in [-0.2, 0) is 4.79 Å². The minimum Gasteiger partial charge on any atom is -0.325 e. The summed E-state index contributed by atoms with van der Waals surface area (Å²) in [6.45, 7) is 1.78. The van der Waals surface area contributed by atoms with E-state index in [1.165, 1.54) is 18.1 Å². The van der Waals surface area contributed by atoms with Crippen LogP contribution in [0.3, 0.4) is 0 Å². The van der Waals surface area contributed by atoms with Crippen LogP contribution >= 0.6 is 27.7 Å². The summed E-state index contributed by atoms with van der Waals surface area (Å²) in [6.07, 6.45) is 1.47. The molecule has 0 spiro atoms. The Labute approximate surface area is 117 Å². The quantitative estimate of drug-likeness (QED) is 0.847. The molecule has 0 fully saturated rings. The molecule has 1 amide bonds. The highest BCUT2D eigenvalue weighted by Gasteiger charge is 2.08. The van der Waals surface area contributed by atoms with E-state index in [-0.39, 0.29) is 10.7 Å². The first kappa shape index (κ1) is 13.1. The molecule has 0 bridgehead atoms. The lowest BCUT2D eigenvalue weighted by Crippen LogP contribution is -2.19. The van der Waals surface area contributed by atoms with Gasteiger partial charge in [-0.05, 0) is 31.2 Å². The molecule has 0 aliphatic rings. The van der Waals surface area contributed by atoms with Crippen LogP contribution in [0, 0.1) is 0 Å². The van der Waals surface area contributed by atoms with E-state index in [0.717, 1.165) is 15.7 Å². The Morgan fingerprint density at radius 3 is 2.72 bits per heavy atom. The lowest BCUT2D eigenvalue weighted by Gasteiger charge is -2.07. The molecule has 7 heteroatoms. The van der Waals surface area contributed by atoms with Crippen LogP contribution in [0.1, 0.15) is 6.92 Å². The smallest absolute Gasteiger partial charge is 0.237 e. The summed E-state index contributed by atoms with van der Waals surface area (Å²) in [5, 5.41) is 10.1. The third-order valence-corrected chi connectivity index (χ3v) is 3.40. The van der Waals surface area contributed by atoms with Gasteiger partial charge >= 0.3 is 0 Å². The number of rotatable bonds is 4. The number of alkyl halides is 1. The number of anilines is 1. The van der Waals surface area contributed by atoms with Gasteiger partial charge in [0.05, 0.1) is 4.83 Å². The maximum absolute atomic E-state index is 11.5. The van der Waals surface area contributed by atoms with Gasteiger partial charge in [-0.1, -0.05) is 27.7 Å². The number of carbonyl (C=O) groups is 1. The van der Waals surface area contributed by atoms with Gasteiger partial charge in [0.1, 0.15) is 6.33 Å². The van der Waals surface area contributed by atoms with Gasteiger partial charge in [-0.25, -0.2) is 4.98 Å². The van der Waals surface area contributed by atoms with Gasteiger partial charge in [0.2, 0.25) is 5.91 Å². The van der Waals surface area contributed by atoms with Crippen molar-refractivity contribution in [1.82, 2.24) is 15.2 Å². The van der Waals surface area contributed by atoms with E-state index in [1.54, 1.807) is 6.92 Å². The van der Waals surface area contributed by atoms with E-state index < -0.39 is 0 Å². The van der Waals surface area contributed by atoms with Crippen LogP contribution in [0.25, 0.3) is 0 Å². The predicted molar refractivity (Wildman–Crippen MR) is 74.0 cm³/mol. The number of nitrogens with one attached hydrogen (secondary N) is 2. The number of aromatic amines is 1. The van der Waals surface area contributed by atoms with Crippen molar-refractivity contribution in [2.24, 2.45) is 0 Å². The van der Waals surface area contributed by atoms with E-state index in [2.05, 4.69) is 36.4 Å². The fourth-order valence-electron chi connectivity index (χ4n) is 1.20. The van der Waals surface area contributed by atoms with Crippen LogP contribution in [-0.4, -0.2) is 25.9 Å². The Bertz CT molecular complexity index is 512.